The van der Waals surface area contributed by atoms with Gasteiger partial charge in [0.1, 0.15) is 5.82 Å². The monoisotopic (exact) mass is 248 g/mol. The number of nitrogens with zero attached hydrogens (tertiary/aromatic N) is 2. The lowest BCUT2D eigenvalue weighted by Crippen LogP contribution is -2.27. The zero-order valence-corrected chi connectivity index (χ0v) is 11.9. The molecular formula is C15H24N2O. The first-order chi connectivity index (χ1) is 8.45. The molecule has 1 aliphatic rings. The first-order valence-corrected chi connectivity index (χ1v) is 6.84. The Labute approximate surface area is 110 Å². The van der Waals surface area contributed by atoms with Crippen molar-refractivity contribution in [3.05, 3.63) is 23.4 Å². The quantitative estimate of drug-likeness (QED) is 0.890. The minimum absolute atomic E-state index is 0.0168. The Balaban J connectivity index is 2.39. The molecule has 0 saturated heterocycles. The molecule has 1 heterocycles. The molecule has 1 aromatic heterocycles. The average Bonchev–Trinajstić information content (AvgIpc) is 3.13. The minimum atomic E-state index is 0.0168. The first-order valence-electron chi connectivity index (χ1n) is 6.84. The van der Waals surface area contributed by atoms with Gasteiger partial charge in [-0.3, -0.25) is 0 Å². The minimum Gasteiger partial charge on any atom is -0.392 e. The van der Waals surface area contributed by atoms with Crippen molar-refractivity contribution in [2.45, 2.75) is 58.6 Å². The summed E-state index contributed by atoms with van der Waals surface area (Å²) in [6, 6.07) is 4.70. The second kappa shape index (κ2) is 4.88. The molecule has 100 valence electrons. The number of aliphatic hydroxyl groups excluding tert-OH is 1. The zero-order chi connectivity index (χ0) is 13.3. The van der Waals surface area contributed by atoms with Crippen molar-refractivity contribution in [3.63, 3.8) is 0 Å². The number of pyridine rings is 1. The topological polar surface area (TPSA) is 36.4 Å². The molecule has 0 aromatic carbocycles. The molecule has 2 rings (SSSR count). The van der Waals surface area contributed by atoms with E-state index in [4.69, 9.17) is 4.98 Å². The van der Waals surface area contributed by atoms with Gasteiger partial charge < -0.3 is 10.0 Å². The van der Waals surface area contributed by atoms with Gasteiger partial charge in [-0.05, 0) is 37.5 Å². The molecule has 18 heavy (non-hydrogen) atoms. The van der Waals surface area contributed by atoms with Crippen LogP contribution in [-0.4, -0.2) is 22.7 Å². The molecule has 1 saturated carbocycles. The molecule has 1 N–H and O–H groups in total. The summed E-state index contributed by atoms with van der Waals surface area (Å²) in [5, 5.41) is 9.41. The molecule has 0 aliphatic heterocycles. The highest BCUT2D eigenvalue weighted by molar-refractivity contribution is 5.46. The van der Waals surface area contributed by atoms with Gasteiger partial charge in [0.05, 0.1) is 6.61 Å². The summed E-state index contributed by atoms with van der Waals surface area (Å²) in [6.45, 7) is 9.72. The Bertz CT molecular complexity index is 419. The highest BCUT2D eigenvalue weighted by atomic mass is 16.3. The second-order valence-corrected chi connectivity index (χ2v) is 6.14. The second-order valence-electron chi connectivity index (χ2n) is 6.14. The smallest absolute Gasteiger partial charge is 0.129 e. The molecule has 0 bridgehead atoms. The average molecular weight is 248 g/mol. The predicted octanol–water partition coefficient (Wildman–Crippen LogP) is 2.86. The summed E-state index contributed by atoms with van der Waals surface area (Å²) >= 11 is 0. The number of hydrogen-bond acceptors (Lipinski definition) is 3. The third kappa shape index (κ3) is 2.83. The number of hydrogen-bond donors (Lipinski definition) is 1. The van der Waals surface area contributed by atoms with Gasteiger partial charge in [0, 0.05) is 23.7 Å². The lowest BCUT2D eigenvalue weighted by atomic mass is 9.91. The third-order valence-corrected chi connectivity index (χ3v) is 3.45. The van der Waals surface area contributed by atoms with Crippen LogP contribution in [0, 0.1) is 0 Å². The normalized spacial score (nSPS) is 15.8. The lowest BCUT2D eigenvalue weighted by molar-refractivity contribution is 0.281. The van der Waals surface area contributed by atoms with Crippen LogP contribution < -0.4 is 4.90 Å². The summed E-state index contributed by atoms with van der Waals surface area (Å²) < 4.78 is 0. The molecule has 0 spiro atoms. The van der Waals surface area contributed by atoms with Crippen LogP contribution >= 0.6 is 0 Å². The highest BCUT2D eigenvalue weighted by Crippen LogP contribution is 2.32. The Kier molecular flexibility index (Phi) is 3.62. The van der Waals surface area contributed by atoms with Crippen molar-refractivity contribution in [1.82, 2.24) is 4.98 Å². The van der Waals surface area contributed by atoms with Gasteiger partial charge in [0.15, 0.2) is 0 Å². The zero-order valence-electron chi connectivity index (χ0n) is 11.9. The van der Waals surface area contributed by atoms with Crippen LogP contribution in [0.5, 0.6) is 0 Å². The fraction of sp³-hybridized carbons (Fsp3) is 0.667. The van der Waals surface area contributed by atoms with E-state index >= 15 is 0 Å². The molecule has 0 amide bonds. The highest BCUT2D eigenvalue weighted by Gasteiger charge is 2.29. The summed E-state index contributed by atoms with van der Waals surface area (Å²) in [6.07, 6.45) is 2.54. The van der Waals surface area contributed by atoms with Crippen molar-refractivity contribution in [2.24, 2.45) is 0 Å². The summed E-state index contributed by atoms with van der Waals surface area (Å²) in [5.74, 6) is 1.02. The van der Waals surface area contributed by atoms with Crippen molar-refractivity contribution in [2.75, 3.05) is 11.4 Å². The largest absolute Gasteiger partial charge is 0.392 e. The van der Waals surface area contributed by atoms with E-state index in [1.165, 1.54) is 12.8 Å². The van der Waals surface area contributed by atoms with Crippen molar-refractivity contribution in [1.29, 1.82) is 0 Å². The van der Waals surface area contributed by atoms with E-state index in [1.54, 1.807) is 0 Å². The van der Waals surface area contributed by atoms with Crippen LogP contribution in [0.25, 0.3) is 0 Å². The van der Waals surface area contributed by atoms with E-state index < -0.39 is 0 Å². The fourth-order valence-electron chi connectivity index (χ4n) is 2.19. The molecule has 0 radical (unpaired) electrons. The van der Waals surface area contributed by atoms with Crippen molar-refractivity contribution < 1.29 is 5.11 Å². The van der Waals surface area contributed by atoms with Crippen molar-refractivity contribution in [3.8, 4) is 0 Å². The number of anilines is 1. The maximum absolute atomic E-state index is 9.41. The van der Waals surface area contributed by atoms with Gasteiger partial charge in [0.25, 0.3) is 0 Å². The number of aromatic nitrogens is 1. The van der Waals surface area contributed by atoms with Crippen molar-refractivity contribution >= 4 is 5.82 Å². The Hall–Kier alpha value is -1.09. The van der Waals surface area contributed by atoms with Crippen LogP contribution in [-0.2, 0) is 12.0 Å². The van der Waals surface area contributed by atoms with E-state index in [0.717, 1.165) is 23.6 Å². The first kappa shape index (κ1) is 13.3. The molecule has 1 aliphatic carbocycles. The van der Waals surface area contributed by atoms with Crippen LogP contribution in [0.1, 0.15) is 51.8 Å². The maximum Gasteiger partial charge on any atom is 0.129 e. The number of aliphatic hydroxyl groups is 1. The Morgan fingerprint density at radius 2 is 2.00 bits per heavy atom. The van der Waals surface area contributed by atoms with Gasteiger partial charge >= 0.3 is 0 Å². The van der Waals surface area contributed by atoms with E-state index in [-0.39, 0.29) is 12.0 Å². The lowest BCUT2D eigenvalue weighted by Gasteiger charge is -2.26. The Morgan fingerprint density at radius 1 is 1.33 bits per heavy atom. The van der Waals surface area contributed by atoms with E-state index in [0.29, 0.717) is 6.04 Å². The standard InChI is InChI=1S/C15H24N2O/c1-5-17(12-6-7-12)14-9-11(10-18)8-13(16-14)15(2,3)4/h8-9,12,18H,5-7,10H2,1-4H3. The van der Waals surface area contributed by atoms with Gasteiger partial charge in [0.2, 0.25) is 0 Å². The summed E-state index contributed by atoms with van der Waals surface area (Å²) in [4.78, 5) is 7.16. The van der Waals surface area contributed by atoms with Gasteiger partial charge in [-0.2, -0.15) is 0 Å². The maximum atomic E-state index is 9.41. The van der Waals surface area contributed by atoms with Gasteiger partial charge in [-0.15, -0.1) is 0 Å². The molecule has 3 nitrogen and oxygen atoms in total. The van der Waals surface area contributed by atoms with Gasteiger partial charge in [-0.1, -0.05) is 20.8 Å². The molecule has 0 unspecified atom stereocenters. The SMILES string of the molecule is CCN(c1cc(CO)cc(C(C)(C)C)n1)C1CC1. The van der Waals surface area contributed by atoms with Crippen LogP contribution in [0.3, 0.4) is 0 Å². The van der Waals surface area contributed by atoms with Crippen LogP contribution in [0.2, 0.25) is 0 Å². The molecule has 0 atom stereocenters. The number of rotatable bonds is 4. The van der Waals surface area contributed by atoms with Crippen LogP contribution in [0.15, 0.2) is 12.1 Å². The summed E-state index contributed by atoms with van der Waals surface area (Å²) in [7, 11) is 0. The van der Waals surface area contributed by atoms with Gasteiger partial charge in [-0.25, -0.2) is 4.98 Å². The molecule has 1 aromatic rings. The Morgan fingerprint density at radius 3 is 2.44 bits per heavy atom. The molecule has 1 fully saturated rings. The fourth-order valence-corrected chi connectivity index (χ4v) is 2.19. The predicted molar refractivity (Wildman–Crippen MR) is 74.9 cm³/mol. The molecule has 3 heteroatoms. The van der Waals surface area contributed by atoms with E-state index in [1.807, 2.05) is 12.1 Å². The van der Waals surface area contributed by atoms with E-state index in [2.05, 4.69) is 32.6 Å². The third-order valence-electron chi connectivity index (χ3n) is 3.45. The molecular weight excluding hydrogens is 224 g/mol. The summed E-state index contributed by atoms with van der Waals surface area (Å²) in [5.41, 5.74) is 2.04. The van der Waals surface area contributed by atoms with Crippen LogP contribution in [0.4, 0.5) is 5.82 Å². The van der Waals surface area contributed by atoms with E-state index in [9.17, 15) is 5.11 Å².